The van der Waals surface area contributed by atoms with Crippen LogP contribution in [0, 0.1) is 11.6 Å². The molecule has 5 nitrogen and oxygen atoms in total. The zero-order valence-corrected chi connectivity index (χ0v) is 16.6. The first kappa shape index (κ1) is 22.1. The van der Waals surface area contributed by atoms with Crippen molar-refractivity contribution in [2.75, 3.05) is 5.73 Å². The van der Waals surface area contributed by atoms with Gasteiger partial charge in [0.15, 0.2) is 0 Å². The molecule has 0 bridgehead atoms. The first-order chi connectivity index (χ1) is 14.6. The lowest BCUT2D eigenvalue weighted by atomic mass is 10.00. The van der Waals surface area contributed by atoms with Gasteiger partial charge in [-0.05, 0) is 30.7 Å². The fraction of sp³-hybridized carbons (Fsp3) is 0.182. The molecule has 3 rings (SSSR count). The molecule has 1 aromatic heterocycles. The van der Waals surface area contributed by atoms with E-state index in [1.54, 1.807) is 0 Å². The fourth-order valence-corrected chi connectivity index (χ4v) is 3.15. The van der Waals surface area contributed by atoms with Gasteiger partial charge < -0.3 is 15.6 Å². The van der Waals surface area contributed by atoms with Crippen molar-refractivity contribution in [1.82, 2.24) is 9.88 Å². The predicted octanol–water partition coefficient (Wildman–Crippen LogP) is 4.34. The van der Waals surface area contributed by atoms with Crippen molar-refractivity contribution in [3.8, 4) is 11.1 Å². The topological polar surface area (TPSA) is 77.1 Å². The molecule has 1 amide bonds. The average Bonchev–Trinajstić information content (AvgIpc) is 2.70. The van der Waals surface area contributed by atoms with E-state index in [2.05, 4.69) is 5.32 Å². The summed E-state index contributed by atoms with van der Waals surface area (Å²) in [5.74, 6) is -2.60. The number of hydrogen-bond donors (Lipinski definition) is 2. The maximum absolute atomic E-state index is 14.5. The molecule has 0 fully saturated rings. The summed E-state index contributed by atoms with van der Waals surface area (Å²) in [6, 6.07) is 7.40. The Balaban J connectivity index is 1.94. The highest BCUT2D eigenvalue weighted by molar-refractivity contribution is 6.00. The van der Waals surface area contributed by atoms with E-state index < -0.39 is 35.6 Å². The summed E-state index contributed by atoms with van der Waals surface area (Å²) >= 11 is 0. The van der Waals surface area contributed by atoms with Crippen LogP contribution in [0.25, 0.3) is 11.1 Å². The van der Waals surface area contributed by atoms with E-state index in [0.717, 1.165) is 12.1 Å². The number of alkyl halides is 2. The minimum absolute atomic E-state index is 0.0180. The Hall–Kier alpha value is -3.62. The highest BCUT2D eigenvalue weighted by Gasteiger charge is 2.22. The summed E-state index contributed by atoms with van der Waals surface area (Å²) in [4.78, 5) is 24.6. The van der Waals surface area contributed by atoms with E-state index in [-0.39, 0.29) is 33.5 Å². The number of nitrogen functional groups attached to an aromatic ring is 1. The zero-order valence-electron chi connectivity index (χ0n) is 16.6. The molecular weight excluding hydrogens is 414 g/mol. The van der Waals surface area contributed by atoms with Gasteiger partial charge in [-0.25, -0.2) is 17.6 Å². The van der Waals surface area contributed by atoms with Gasteiger partial charge in [0.1, 0.15) is 11.6 Å². The molecule has 0 aliphatic carbocycles. The number of nitrogens with zero attached hydrogens (tertiary/aromatic N) is 1. The first-order valence-corrected chi connectivity index (χ1v) is 9.23. The number of carbonyl (C=O) groups is 1. The molecule has 0 saturated heterocycles. The molecule has 2 aromatic carbocycles. The number of nitrogens with two attached hydrogens (primary N) is 1. The third kappa shape index (κ3) is 4.45. The first-order valence-electron chi connectivity index (χ1n) is 9.23. The van der Waals surface area contributed by atoms with Gasteiger partial charge in [0.2, 0.25) is 0 Å². The number of hydrogen-bond acceptors (Lipinski definition) is 3. The van der Waals surface area contributed by atoms with Crippen molar-refractivity contribution in [1.29, 1.82) is 0 Å². The Morgan fingerprint density at radius 1 is 1.10 bits per heavy atom. The van der Waals surface area contributed by atoms with E-state index in [1.165, 1.54) is 55.1 Å². The summed E-state index contributed by atoms with van der Waals surface area (Å²) in [5, 5.41) is 2.49. The molecule has 0 saturated carbocycles. The van der Waals surface area contributed by atoms with Gasteiger partial charge in [0.05, 0.1) is 17.2 Å². The number of amides is 1. The number of aryl methyl sites for hydroxylation is 1. The van der Waals surface area contributed by atoms with Crippen LogP contribution in [0.15, 0.2) is 53.5 Å². The minimum Gasteiger partial charge on any atom is -0.398 e. The van der Waals surface area contributed by atoms with Crippen molar-refractivity contribution < 1.29 is 22.4 Å². The molecule has 3 N–H and O–H groups in total. The van der Waals surface area contributed by atoms with E-state index in [4.69, 9.17) is 5.73 Å². The number of halogens is 4. The molecule has 0 unspecified atom stereocenters. The lowest BCUT2D eigenvalue weighted by Gasteiger charge is -2.18. The number of carbonyl (C=O) groups excluding carboxylic acids is 1. The van der Waals surface area contributed by atoms with Gasteiger partial charge in [0.25, 0.3) is 17.9 Å². The largest absolute Gasteiger partial charge is 0.398 e. The van der Waals surface area contributed by atoms with Gasteiger partial charge in [-0.15, -0.1) is 0 Å². The Bertz CT molecular complexity index is 1210. The summed E-state index contributed by atoms with van der Waals surface area (Å²) < 4.78 is 56.0. The van der Waals surface area contributed by atoms with E-state index in [0.29, 0.717) is 0 Å². The molecule has 0 spiro atoms. The van der Waals surface area contributed by atoms with Crippen molar-refractivity contribution in [2.45, 2.75) is 19.4 Å². The van der Waals surface area contributed by atoms with Gasteiger partial charge in [-0.3, -0.25) is 9.59 Å². The van der Waals surface area contributed by atoms with Crippen LogP contribution in [0.5, 0.6) is 0 Å². The standard InChI is InChI=1S/C22H19F4N3O2/c1-11(13-4-3-5-14(20(13)24)21(25)26)28-22(31)16-9-15(17(23)10-18(16)27)12-6-7-29(2)19(30)8-12/h3-11,21H,27H2,1-2H3,(H,28,31)/t11-/m1/s1. The molecule has 0 aliphatic rings. The van der Waals surface area contributed by atoms with Crippen LogP contribution >= 0.6 is 0 Å². The summed E-state index contributed by atoms with van der Waals surface area (Å²) in [7, 11) is 1.54. The number of rotatable bonds is 5. The summed E-state index contributed by atoms with van der Waals surface area (Å²) in [6.45, 7) is 1.42. The molecule has 1 atom stereocenters. The molecule has 1 heterocycles. The SMILES string of the molecule is C[C@@H](NC(=O)c1cc(-c2ccn(C)c(=O)c2)c(F)cc1N)c1cccc(C(F)F)c1F. The second kappa shape index (κ2) is 8.63. The Labute approximate surface area is 175 Å². The van der Waals surface area contributed by atoms with E-state index in [1.807, 2.05) is 0 Å². The lowest BCUT2D eigenvalue weighted by molar-refractivity contribution is 0.0940. The van der Waals surface area contributed by atoms with Gasteiger partial charge in [-0.1, -0.05) is 18.2 Å². The van der Waals surface area contributed by atoms with Crippen LogP contribution in [0.4, 0.5) is 23.2 Å². The minimum atomic E-state index is -3.00. The summed E-state index contributed by atoms with van der Waals surface area (Å²) in [6.07, 6.45) is -1.55. The molecule has 0 aliphatic heterocycles. The lowest BCUT2D eigenvalue weighted by Crippen LogP contribution is -2.28. The molecule has 162 valence electrons. The second-order valence-corrected chi connectivity index (χ2v) is 7.03. The normalized spacial score (nSPS) is 12.1. The monoisotopic (exact) mass is 433 g/mol. The highest BCUT2D eigenvalue weighted by atomic mass is 19.3. The zero-order chi connectivity index (χ0) is 22.9. The third-order valence-electron chi connectivity index (χ3n) is 4.91. The van der Waals surface area contributed by atoms with Crippen LogP contribution in [-0.4, -0.2) is 10.5 Å². The molecule has 9 heteroatoms. The van der Waals surface area contributed by atoms with Crippen molar-refractivity contribution >= 4 is 11.6 Å². The number of benzene rings is 2. The quantitative estimate of drug-likeness (QED) is 0.464. The number of pyridine rings is 1. The van der Waals surface area contributed by atoms with Crippen molar-refractivity contribution in [2.24, 2.45) is 7.05 Å². The average molecular weight is 433 g/mol. The van der Waals surface area contributed by atoms with Crippen molar-refractivity contribution in [3.05, 3.63) is 87.3 Å². The molecule has 3 aromatic rings. The van der Waals surface area contributed by atoms with Gasteiger partial charge >= 0.3 is 0 Å². The number of nitrogens with one attached hydrogen (secondary N) is 1. The third-order valence-corrected chi connectivity index (χ3v) is 4.91. The van der Waals surface area contributed by atoms with Gasteiger partial charge in [0, 0.05) is 36.1 Å². The number of anilines is 1. The van der Waals surface area contributed by atoms with Crippen LogP contribution in [0.3, 0.4) is 0 Å². The van der Waals surface area contributed by atoms with Crippen LogP contribution in [0.2, 0.25) is 0 Å². The van der Waals surface area contributed by atoms with E-state index in [9.17, 15) is 27.2 Å². The predicted molar refractivity (Wildman–Crippen MR) is 109 cm³/mol. The van der Waals surface area contributed by atoms with Crippen LogP contribution in [0.1, 0.15) is 40.9 Å². The maximum atomic E-state index is 14.5. The van der Waals surface area contributed by atoms with Crippen molar-refractivity contribution in [3.63, 3.8) is 0 Å². The van der Waals surface area contributed by atoms with Gasteiger partial charge in [-0.2, -0.15) is 0 Å². The molecular formula is C22H19F4N3O2. The van der Waals surface area contributed by atoms with Crippen LogP contribution in [-0.2, 0) is 7.05 Å². The highest BCUT2D eigenvalue weighted by Crippen LogP contribution is 2.29. The second-order valence-electron chi connectivity index (χ2n) is 7.03. The summed E-state index contributed by atoms with van der Waals surface area (Å²) in [5.41, 5.74) is 4.48. The Morgan fingerprint density at radius 3 is 2.42 bits per heavy atom. The Morgan fingerprint density at radius 2 is 1.77 bits per heavy atom. The van der Waals surface area contributed by atoms with E-state index >= 15 is 0 Å². The van der Waals surface area contributed by atoms with Crippen LogP contribution < -0.4 is 16.6 Å². The Kier molecular flexibility index (Phi) is 6.14. The fourth-order valence-electron chi connectivity index (χ4n) is 3.15. The molecule has 0 radical (unpaired) electrons. The maximum Gasteiger partial charge on any atom is 0.266 e. The molecule has 31 heavy (non-hydrogen) atoms. The smallest absolute Gasteiger partial charge is 0.266 e. The number of aromatic nitrogens is 1.